The molecule has 1 unspecified atom stereocenters. The first kappa shape index (κ1) is 15.4. The van der Waals surface area contributed by atoms with Crippen molar-refractivity contribution in [3.05, 3.63) is 62.6 Å². The SMILES string of the molecule is Cc1ccc(NC(CN)c2ccc(C)c(Br)c2)cc1Cl. The maximum absolute atomic E-state index is 6.15. The molecular formula is C16H18BrClN2. The Labute approximate surface area is 133 Å². The van der Waals surface area contributed by atoms with Crippen LogP contribution >= 0.6 is 27.5 Å². The third-order valence-corrected chi connectivity index (χ3v) is 4.61. The molecule has 0 aliphatic rings. The normalized spacial score (nSPS) is 12.2. The van der Waals surface area contributed by atoms with Crippen LogP contribution in [-0.2, 0) is 0 Å². The summed E-state index contributed by atoms with van der Waals surface area (Å²) < 4.78 is 1.09. The molecule has 0 bridgehead atoms. The van der Waals surface area contributed by atoms with Crippen LogP contribution < -0.4 is 11.1 Å². The third-order valence-electron chi connectivity index (χ3n) is 3.35. The summed E-state index contributed by atoms with van der Waals surface area (Å²) in [5.41, 5.74) is 10.3. The average Bonchev–Trinajstić information content (AvgIpc) is 2.43. The Balaban J connectivity index is 2.23. The third kappa shape index (κ3) is 3.54. The lowest BCUT2D eigenvalue weighted by Gasteiger charge is -2.20. The van der Waals surface area contributed by atoms with Gasteiger partial charge in [-0.05, 0) is 48.7 Å². The molecule has 0 heterocycles. The monoisotopic (exact) mass is 352 g/mol. The summed E-state index contributed by atoms with van der Waals surface area (Å²) in [6.07, 6.45) is 0. The van der Waals surface area contributed by atoms with Crippen LogP contribution in [0.1, 0.15) is 22.7 Å². The smallest absolute Gasteiger partial charge is 0.0636 e. The van der Waals surface area contributed by atoms with Crippen LogP contribution in [0.15, 0.2) is 40.9 Å². The van der Waals surface area contributed by atoms with Gasteiger partial charge in [0.2, 0.25) is 0 Å². The van der Waals surface area contributed by atoms with Gasteiger partial charge in [0.15, 0.2) is 0 Å². The van der Waals surface area contributed by atoms with Gasteiger partial charge >= 0.3 is 0 Å². The summed E-state index contributed by atoms with van der Waals surface area (Å²) in [6, 6.07) is 12.3. The van der Waals surface area contributed by atoms with Crippen LogP contribution in [0.25, 0.3) is 0 Å². The van der Waals surface area contributed by atoms with E-state index in [1.807, 2.05) is 25.1 Å². The second-order valence-electron chi connectivity index (χ2n) is 4.91. The van der Waals surface area contributed by atoms with Gasteiger partial charge in [-0.1, -0.05) is 45.7 Å². The zero-order valence-corrected chi connectivity index (χ0v) is 13.9. The van der Waals surface area contributed by atoms with Crippen LogP contribution in [0.3, 0.4) is 0 Å². The van der Waals surface area contributed by atoms with E-state index in [4.69, 9.17) is 17.3 Å². The van der Waals surface area contributed by atoms with Crippen molar-refractivity contribution >= 4 is 33.2 Å². The van der Waals surface area contributed by atoms with Crippen molar-refractivity contribution in [1.82, 2.24) is 0 Å². The van der Waals surface area contributed by atoms with Crippen molar-refractivity contribution < 1.29 is 0 Å². The number of benzene rings is 2. The molecular weight excluding hydrogens is 336 g/mol. The summed E-state index contributed by atoms with van der Waals surface area (Å²) in [7, 11) is 0. The first-order chi connectivity index (χ1) is 9.51. The van der Waals surface area contributed by atoms with E-state index in [1.54, 1.807) is 0 Å². The molecule has 0 saturated heterocycles. The highest BCUT2D eigenvalue weighted by molar-refractivity contribution is 9.10. The number of aryl methyl sites for hydroxylation is 2. The number of rotatable bonds is 4. The molecule has 20 heavy (non-hydrogen) atoms. The van der Waals surface area contributed by atoms with Gasteiger partial charge < -0.3 is 11.1 Å². The van der Waals surface area contributed by atoms with Crippen LogP contribution in [0.5, 0.6) is 0 Å². The quantitative estimate of drug-likeness (QED) is 0.826. The minimum atomic E-state index is 0.0608. The van der Waals surface area contributed by atoms with Crippen LogP contribution in [-0.4, -0.2) is 6.54 Å². The lowest BCUT2D eigenvalue weighted by Crippen LogP contribution is -2.20. The van der Waals surface area contributed by atoms with E-state index in [2.05, 4.69) is 46.4 Å². The molecule has 2 aromatic carbocycles. The second kappa shape index (κ2) is 6.61. The first-order valence-electron chi connectivity index (χ1n) is 6.50. The van der Waals surface area contributed by atoms with Crippen molar-refractivity contribution in [2.45, 2.75) is 19.9 Å². The Morgan fingerprint density at radius 1 is 1.15 bits per heavy atom. The van der Waals surface area contributed by atoms with E-state index in [9.17, 15) is 0 Å². The molecule has 2 nitrogen and oxygen atoms in total. The Bertz CT molecular complexity index is 613. The Hall–Kier alpha value is -1.03. The predicted octanol–water partition coefficient (Wildman–Crippen LogP) is 4.83. The molecule has 0 amide bonds. The van der Waals surface area contributed by atoms with E-state index in [-0.39, 0.29) is 6.04 Å². The maximum Gasteiger partial charge on any atom is 0.0636 e. The summed E-state index contributed by atoms with van der Waals surface area (Å²) in [6.45, 7) is 4.57. The van der Waals surface area contributed by atoms with Crippen molar-refractivity contribution in [3.63, 3.8) is 0 Å². The molecule has 0 radical (unpaired) electrons. The Morgan fingerprint density at radius 3 is 2.45 bits per heavy atom. The molecule has 1 atom stereocenters. The number of hydrogen-bond acceptors (Lipinski definition) is 2. The fourth-order valence-electron chi connectivity index (χ4n) is 1.99. The molecule has 4 heteroatoms. The number of hydrogen-bond donors (Lipinski definition) is 2. The number of anilines is 1. The number of nitrogens with two attached hydrogens (primary N) is 1. The first-order valence-corrected chi connectivity index (χ1v) is 7.67. The van der Waals surface area contributed by atoms with Crippen LogP contribution in [0.2, 0.25) is 5.02 Å². The molecule has 0 spiro atoms. The average molecular weight is 354 g/mol. The Kier molecular flexibility index (Phi) is 5.08. The highest BCUT2D eigenvalue weighted by Gasteiger charge is 2.11. The largest absolute Gasteiger partial charge is 0.377 e. The molecule has 2 aromatic rings. The fourth-order valence-corrected chi connectivity index (χ4v) is 2.57. The van der Waals surface area contributed by atoms with E-state index in [0.717, 1.165) is 26.3 Å². The van der Waals surface area contributed by atoms with Gasteiger partial charge in [0.1, 0.15) is 0 Å². The molecule has 2 rings (SSSR count). The molecule has 0 saturated carbocycles. The molecule has 3 N–H and O–H groups in total. The molecule has 0 fully saturated rings. The summed E-state index contributed by atoms with van der Waals surface area (Å²) in [5.74, 6) is 0. The van der Waals surface area contributed by atoms with E-state index in [0.29, 0.717) is 6.54 Å². The van der Waals surface area contributed by atoms with Gasteiger partial charge in [0, 0.05) is 21.7 Å². The van der Waals surface area contributed by atoms with Gasteiger partial charge in [-0.15, -0.1) is 0 Å². The van der Waals surface area contributed by atoms with E-state index in [1.165, 1.54) is 5.56 Å². The molecule has 0 aliphatic heterocycles. The number of nitrogens with one attached hydrogen (secondary N) is 1. The summed E-state index contributed by atoms with van der Waals surface area (Å²) >= 11 is 9.71. The lowest BCUT2D eigenvalue weighted by molar-refractivity contribution is 0.789. The zero-order chi connectivity index (χ0) is 14.7. The zero-order valence-electron chi connectivity index (χ0n) is 11.6. The van der Waals surface area contributed by atoms with Gasteiger partial charge in [-0.3, -0.25) is 0 Å². The van der Waals surface area contributed by atoms with Crippen LogP contribution in [0, 0.1) is 13.8 Å². The predicted molar refractivity (Wildman–Crippen MR) is 90.5 cm³/mol. The highest BCUT2D eigenvalue weighted by Crippen LogP contribution is 2.26. The minimum absolute atomic E-state index is 0.0608. The number of halogens is 2. The molecule has 106 valence electrons. The fraction of sp³-hybridized carbons (Fsp3) is 0.250. The van der Waals surface area contributed by atoms with Gasteiger partial charge in [0.05, 0.1) is 6.04 Å². The van der Waals surface area contributed by atoms with Crippen molar-refractivity contribution in [2.75, 3.05) is 11.9 Å². The minimum Gasteiger partial charge on any atom is -0.377 e. The lowest BCUT2D eigenvalue weighted by atomic mass is 10.0. The second-order valence-corrected chi connectivity index (χ2v) is 6.17. The maximum atomic E-state index is 6.15. The molecule has 0 aromatic heterocycles. The van der Waals surface area contributed by atoms with Gasteiger partial charge in [0.25, 0.3) is 0 Å². The van der Waals surface area contributed by atoms with Gasteiger partial charge in [-0.2, -0.15) is 0 Å². The highest BCUT2D eigenvalue weighted by atomic mass is 79.9. The van der Waals surface area contributed by atoms with Crippen LogP contribution in [0.4, 0.5) is 5.69 Å². The summed E-state index contributed by atoms with van der Waals surface area (Å²) in [4.78, 5) is 0. The van der Waals surface area contributed by atoms with Crippen molar-refractivity contribution in [2.24, 2.45) is 5.73 Å². The Morgan fingerprint density at radius 2 is 1.85 bits per heavy atom. The van der Waals surface area contributed by atoms with E-state index < -0.39 is 0 Å². The van der Waals surface area contributed by atoms with Crippen molar-refractivity contribution in [3.8, 4) is 0 Å². The standard InChI is InChI=1S/C16H18BrClN2/c1-10-3-5-12(7-14(10)17)16(9-19)20-13-6-4-11(2)15(18)8-13/h3-8,16,20H,9,19H2,1-2H3. The summed E-state index contributed by atoms with van der Waals surface area (Å²) in [5, 5.41) is 4.19. The topological polar surface area (TPSA) is 38.0 Å². The van der Waals surface area contributed by atoms with Gasteiger partial charge in [-0.25, -0.2) is 0 Å². The van der Waals surface area contributed by atoms with Crippen molar-refractivity contribution in [1.29, 1.82) is 0 Å². The van der Waals surface area contributed by atoms with E-state index >= 15 is 0 Å². The molecule has 0 aliphatic carbocycles.